The third-order valence-electron chi connectivity index (χ3n) is 2.74. The fourth-order valence-corrected chi connectivity index (χ4v) is 1.67. The van der Waals surface area contributed by atoms with Crippen LogP contribution in [-0.4, -0.2) is 69.7 Å². The van der Waals surface area contributed by atoms with E-state index in [1.165, 1.54) is 0 Å². The van der Waals surface area contributed by atoms with Crippen LogP contribution in [-0.2, 0) is 4.74 Å². The summed E-state index contributed by atoms with van der Waals surface area (Å²) >= 11 is 5.78. The molecule has 1 atom stereocenters. The first-order valence-electron chi connectivity index (χ1n) is 7.07. The van der Waals surface area contributed by atoms with Gasteiger partial charge in [0.05, 0.1) is 13.2 Å². The number of likely N-dealkylation sites (N-methyl/N-ethyl adjacent to an activating group) is 1. The van der Waals surface area contributed by atoms with E-state index in [0.29, 0.717) is 30.5 Å². The summed E-state index contributed by atoms with van der Waals surface area (Å²) in [5, 5.41) is 13.6. The van der Waals surface area contributed by atoms with Gasteiger partial charge in [0.15, 0.2) is 0 Å². The molecular formula is C15H25ClN2O3. The number of rotatable bonds is 11. The molecule has 0 bridgehead atoms. The summed E-state index contributed by atoms with van der Waals surface area (Å²) in [5.41, 5.74) is 0. The van der Waals surface area contributed by atoms with Crippen LogP contribution in [0.15, 0.2) is 24.3 Å². The molecule has 120 valence electrons. The summed E-state index contributed by atoms with van der Waals surface area (Å²) in [6.45, 7) is 3.71. The lowest BCUT2D eigenvalue weighted by atomic mass is 10.3. The van der Waals surface area contributed by atoms with Gasteiger partial charge in [0.25, 0.3) is 0 Å². The molecule has 1 rings (SSSR count). The number of nitrogens with zero attached hydrogens (tertiary/aromatic N) is 1. The molecule has 5 nitrogen and oxygen atoms in total. The second kappa shape index (κ2) is 10.8. The highest BCUT2D eigenvalue weighted by Crippen LogP contribution is 2.15. The van der Waals surface area contributed by atoms with Gasteiger partial charge in [-0.05, 0) is 38.4 Å². The molecule has 0 aliphatic heterocycles. The van der Waals surface area contributed by atoms with Crippen molar-refractivity contribution in [2.24, 2.45) is 0 Å². The van der Waals surface area contributed by atoms with Crippen molar-refractivity contribution in [1.82, 2.24) is 10.2 Å². The van der Waals surface area contributed by atoms with Crippen molar-refractivity contribution in [3.05, 3.63) is 29.3 Å². The lowest BCUT2D eigenvalue weighted by Gasteiger charge is -2.14. The fourth-order valence-electron chi connectivity index (χ4n) is 1.54. The second-order valence-electron chi connectivity index (χ2n) is 5.04. The summed E-state index contributed by atoms with van der Waals surface area (Å²) < 4.78 is 10.9. The summed E-state index contributed by atoms with van der Waals surface area (Å²) in [5.74, 6) is 0.700. The molecule has 6 heteroatoms. The first-order chi connectivity index (χ1) is 10.1. The van der Waals surface area contributed by atoms with E-state index in [2.05, 4.69) is 10.2 Å². The van der Waals surface area contributed by atoms with Crippen LogP contribution in [0.25, 0.3) is 0 Å². The number of benzene rings is 1. The summed E-state index contributed by atoms with van der Waals surface area (Å²) in [7, 11) is 4.03. The number of halogens is 1. The van der Waals surface area contributed by atoms with Crippen LogP contribution in [0.5, 0.6) is 5.75 Å². The SMILES string of the molecule is CN(C)CCOCCNCC(O)COc1ccc(Cl)cc1. The predicted octanol–water partition coefficient (Wildman–Crippen LogP) is 1.25. The Bertz CT molecular complexity index is 374. The van der Waals surface area contributed by atoms with Crippen molar-refractivity contribution in [2.75, 3.05) is 53.6 Å². The fraction of sp³-hybridized carbons (Fsp3) is 0.600. The molecule has 0 aromatic heterocycles. The minimum absolute atomic E-state index is 0.246. The Hall–Kier alpha value is -0.850. The maximum absolute atomic E-state index is 9.78. The van der Waals surface area contributed by atoms with Gasteiger partial charge in [0, 0.05) is 24.7 Å². The van der Waals surface area contributed by atoms with Gasteiger partial charge in [-0.1, -0.05) is 11.6 Å². The van der Waals surface area contributed by atoms with Crippen LogP contribution in [0.2, 0.25) is 5.02 Å². The van der Waals surface area contributed by atoms with Crippen LogP contribution in [0, 0.1) is 0 Å². The normalized spacial score (nSPS) is 12.6. The minimum atomic E-state index is -0.553. The molecule has 0 saturated heterocycles. The molecule has 1 aromatic rings. The van der Waals surface area contributed by atoms with Crippen LogP contribution in [0.4, 0.5) is 0 Å². The second-order valence-corrected chi connectivity index (χ2v) is 5.47. The molecule has 1 aromatic carbocycles. The number of ether oxygens (including phenoxy) is 2. The number of nitrogens with one attached hydrogen (secondary N) is 1. The lowest BCUT2D eigenvalue weighted by molar-refractivity contribution is 0.0954. The van der Waals surface area contributed by atoms with E-state index in [-0.39, 0.29) is 6.61 Å². The lowest BCUT2D eigenvalue weighted by Crippen LogP contribution is -2.33. The van der Waals surface area contributed by atoms with Gasteiger partial charge in [-0.2, -0.15) is 0 Å². The van der Waals surface area contributed by atoms with Gasteiger partial charge in [0.2, 0.25) is 0 Å². The Morgan fingerprint density at radius 3 is 2.62 bits per heavy atom. The van der Waals surface area contributed by atoms with Gasteiger partial charge >= 0.3 is 0 Å². The summed E-state index contributed by atoms with van der Waals surface area (Å²) in [6, 6.07) is 7.07. The van der Waals surface area contributed by atoms with E-state index >= 15 is 0 Å². The topological polar surface area (TPSA) is 54.0 Å². The highest BCUT2D eigenvalue weighted by molar-refractivity contribution is 6.30. The zero-order chi connectivity index (χ0) is 15.5. The Morgan fingerprint density at radius 1 is 1.24 bits per heavy atom. The third kappa shape index (κ3) is 9.66. The largest absolute Gasteiger partial charge is 0.491 e. The summed E-state index contributed by atoms with van der Waals surface area (Å²) in [6.07, 6.45) is -0.553. The molecule has 0 saturated carbocycles. The van der Waals surface area contributed by atoms with E-state index in [1.807, 2.05) is 14.1 Å². The van der Waals surface area contributed by atoms with Crippen molar-refractivity contribution in [3.63, 3.8) is 0 Å². The zero-order valence-electron chi connectivity index (χ0n) is 12.7. The van der Waals surface area contributed by atoms with Crippen molar-refractivity contribution < 1.29 is 14.6 Å². The monoisotopic (exact) mass is 316 g/mol. The predicted molar refractivity (Wildman–Crippen MR) is 85.2 cm³/mol. The smallest absolute Gasteiger partial charge is 0.119 e. The van der Waals surface area contributed by atoms with Crippen LogP contribution in [0.3, 0.4) is 0 Å². The molecule has 0 fully saturated rings. The Labute approximate surface area is 131 Å². The molecule has 0 aliphatic carbocycles. The number of aliphatic hydroxyl groups excluding tert-OH is 1. The molecular weight excluding hydrogens is 292 g/mol. The van der Waals surface area contributed by atoms with Gasteiger partial charge < -0.3 is 24.8 Å². The van der Waals surface area contributed by atoms with Crippen molar-refractivity contribution in [3.8, 4) is 5.75 Å². The molecule has 0 aliphatic rings. The maximum Gasteiger partial charge on any atom is 0.119 e. The quantitative estimate of drug-likeness (QED) is 0.602. The van der Waals surface area contributed by atoms with E-state index in [9.17, 15) is 5.11 Å². The molecule has 21 heavy (non-hydrogen) atoms. The number of aliphatic hydroxyl groups is 1. The van der Waals surface area contributed by atoms with Crippen molar-refractivity contribution >= 4 is 11.6 Å². The Balaban J connectivity index is 1.98. The van der Waals surface area contributed by atoms with Gasteiger partial charge in [-0.3, -0.25) is 0 Å². The minimum Gasteiger partial charge on any atom is -0.491 e. The highest BCUT2D eigenvalue weighted by Gasteiger charge is 2.04. The number of hydrogen-bond donors (Lipinski definition) is 2. The molecule has 0 heterocycles. The summed E-state index contributed by atoms with van der Waals surface area (Å²) in [4.78, 5) is 2.07. The van der Waals surface area contributed by atoms with E-state index in [4.69, 9.17) is 21.1 Å². The standard InChI is InChI=1S/C15H25ClN2O3/c1-18(2)8-10-20-9-7-17-11-14(19)12-21-15-5-3-13(16)4-6-15/h3-6,14,17,19H,7-12H2,1-2H3. The Kier molecular flexibility index (Phi) is 9.37. The molecule has 0 radical (unpaired) electrons. The number of hydrogen-bond acceptors (Lipinski definition) is 5. The average molecular weight is 317 g/mol. The highest BCUT2D eigenvalue weighted by atomic mass is 35.5. The van der Waals surface area contributed by atoms with Crippen LogP contribution < -0.4 is 10.1 Å². The molecule has 1 unspecified atom stereocenters. The van der Waals surface area contributed by atoms with E-state index in [0.717, 1.165) is 13.2 Å². The maximum atomic E-state index is 9.78. The van der Waals surface area contributed by atoms with E-state index in [1.54, 1.807) is 24.3 Å². The zero-order valence-corrected chi connectivity index (χ0v) is 13.5. The molecule has 2 N–H and O–H groups in total. The first kappa shape index (κ1) is 18.2. The molecule has 0 amide bonds. The van der Waals surface area contributed by atoms with E-state index < -0.39 is 6.10 Å². The van der Waals surface area contributed by atoms with Crippen LogP contribution in [0.1, 0.15) is 0 Å². The average Bonchev–Trinajstić information content (AvgIpc) is 2.45. The van der Waals surface area contributed by atoms with Gasteiger partial charge in [-0.25, -0.2) is 0 Å². The van der Waals surface area contributed by atoms with Crippen molar-refractivity contribution in [2.45, 2.75) is 6.10 Å². The molecule has 0 spiro atoms. The first-order valence-corrected chi connectivity index (χ1v) is 7.45. The van der Waals surface area contributed by atoms with Crippen molar-refractivity contribution in [1.29, 1.82) is 0 Å². The third-order valence-corrected chi connectivity index (χ3v) is 2.99. The Morgan fingerprint density at radius 2 is 1.95 bits per heavy atom. The van der Waals surface area contributed by atoms with Gasteiger partial charge in [-0.15, -0.1) is 0 Å². The van der Waals surface area contributed by atoms with Gasteiger partial charge in [0.1, 0.15) is 18.5 Å². The van der Waals surface area contributed by atoms with Crippen LogP contribution >= 0.6 is 11.6 Å².